The van der Waals surface area contributed by atoms with E-state index in [4.69, 9.17) is 5.11 Å². The van der Waals surface area contributed by atoms with E-state index in [9.17, 15) is 18.0 Å². The number of carbonyl (C=O) groups is 1. The topological polar surface area (TPSA) is 40.5 Å². The van der Waals surface area contributed by atoms with Crippen LogP contribution in [0, 0.1) is 11.8 Å². The van der Waals surface area contributed by atoms with E-state index in [-0.39, 0.29) is 0 Å². The van der Waals surface area contributed by atoms with Crippen LogP contribution in [-0.2, 0) is 4.79 Å². The molecule has 1 N–H and O–H groups in total. The Morgan fingerprint density at radius 3 is 2.18 bits per heavy atom. The normalized spacial score (nSPS) is 23.4. The van der Waals surface area contributed by atoms with Crippen LogP contribution in [-0.4, -0.2) is 41.3 Å². The van der Waals surface area contributed by atoms with Gasteiger partial charge >= 0.3 is 12.1 Å². The molecule has 1 heterocycles. The van der Waals surface area contributed by atoms with Crippen molar-refractivity contribution in [3.05, 3.63) is 0 Å². The molecule has 1 fully saturated rings. The third-order valence-corrected chi connectivity index (χ3v) is 3.45. The van der Waals surface area contributed by atoms with Crippen molar-refractivity contribution in [2.24, 2.45) is 11.8 Å². The van der Waals surface area contributed by atoms with Crippen LogP contribution in [0.5, 0.6) is 0 Å². The molecule has 0 radical (unpaired) electrons. The highest BCUT2D eigenvalue weighted by Crippen LogP contribution is 2.32. The van der Waals surface area contributed by atoms with Gasteiger partial charge in [-0.1, -0.05) is 13.8 Å². The van der Waals surface area contributed by atoms with Crippen molar-refractivity contribution in [2.45, 2.75) is 38.9 Å². The minimum absolute atomic E-state index is 0.429. The number of piperidine rings is 1. The van der Waals surface area contributed by atoms with Crippen molar-refractivity contribution >= 4 is 5.97 Å². The molecular formula is C11H18F3NO2. The third kappa shape index (κ3) is 3.59. The predicted molar refractivity (Wildman–Crippen MR) is 56.6 cm³/mol. The molecule has 2 atom stereocenters. The van der Waals surface area contributed by atoms with Gasteiger partial charge in [-0.3, -0.25) is 9.69 Å². The molecular weight excluding hydrogens is 235 g/mol. The summed E-state index contributed by atoms with van der Waals surface area (Å²) in [5, 5.41) is 8.98. The predicted octanol–water partition coefficient (Wildman–Crippen LogP) is 2.37. The fraction of sp³-hybridized carbons (Fsp3) is 0.909. The first kappa shape index (κ1) is 14.3. The minimum atomic E-state index is -4.47. The highest BCUT2D eigenvalue weighted by molar-refractivity contribution is 5.74. The molecule has 6 heteroatoms. The van der Waals surface area contributed by atoms with Crippen LogP contribution in [0.3, 0.4) is 0 Å². The van der Waals surface area contributed by atoms with Crippen molar-refractivity contribution in [3.63, 3.8) is 0 Å². The number of hydrogen-bond acceptors (Lipinski definition) is 2. The highest BCUT2D eigenvalue weighted by atomic mass is 19.4. The Bertz CT molecular complexity index is 272. The lowest BCUT2D eigenvalue weighted by Crippen LogP contribution is -2.52. The molecule has 0 bridgehead atoms. The summed E-state index contributed by atoms with van der Waals surface area (Å²) in [5.41, 5.74) is 0. The number of carboxylic acids is 1. The first-order chi connectivity index (χ1) is 7.73. The molecule has 1 saturated heterocycles. The lowest BCUT2D eigenvalue weighted by Gasteiger charge is -2.37. The fourth-order valence-electron chi connectivity index (χ4n) is 2.17. The van der Waals surface area contributed by atoms with E-state index in [1.165, 1.54) is 4.90 Å². The smallest absolute Gasteiger partial charge is 0.393 e. The Morgan fingerprint density at radius 2 is 1.82 bits per heavy atom. The summed E-state index contributed by atoms with van der Waals surface area (Å²) in [4.78, 5) is 12.5. The minimum Gasteiger partial charge on any atom is -0.480 e. The number of hydrogen-bond donors (Lipinski definition) is 1. The molecule has 0 spiro atoms. The Balaban J connectivity index is 2.76. The van der Waals surface area contributed by atoms with Gasteiger partial charge in [0.1, 0.15) is 6.04 Å². The molecule has 0 aromatic rings. The van der Waals surface area contributed by atoms with Crippen LogP contribution in [0.15, 0.2) is 0 Å². The second-order valence-corrected chi connectivity index (χ2v) is 4.83. The van der Waals surface area contributed by atoms with E-state index in [0.717, 1.165) is 19.8 Å². The van der Waals surface area contributed by atoms with Crippen molar-refractivity contribution in [3.8, 4) is 0 Å². The average molecular weight is 253 g/mol. The maximum Gasteiger partial charge on any atom is 0.393 e. The van der Waals surface area contributed by atoms with Gasteiger partial charge in [0, 0.05) is 0 Å². The maximum atomic E-state index is 12.6. The summed E-state index contributed by atoms with van der Waals surface area (Å²) in [6.45, 7) is 3.83. The average Bonchev–Trinajstić information content (AvgIpc) is 2.19. The van der Waals surface area contributed by atoms with E-state index in [1.54, 1.807) is 0 Å². The summed E-state index contributed by atoms with van der Waals surface area (Å²) in [6, 6.07) is -1.46. The van der Waals surface area contributed by atoms with Gasteiger partial charge in [-0.25, -0.2) is 0 Å². The Labute approximate surface area is 98.6 Å². The zero-order valence-corrected chi connectivity index (χ0v) is 10.00. The van der Waals surface area contributed by atoms with Crippen LogP contribution < -0.4 is 0 Å². The molecule has 17 heavy (non-hydrogen) atoms. The monoisotopic (exact) mass is 253 g/mol. The van der Waals surface area contributed by atoms with Gasteiger partial charge < -0.3 is 5.11 Å². The molecule has 3 nitrogen and oxygen atoms in total. The molecule has 2 unspecified atom stereocenters. The molecule has 1 rings (SSSR count). The van der Waals surface area contributed by atoms with Crippen LogP contribution in [0.4, 0.5) is 13.2 Å². The van der Waals surface area contributed by atoms with Gasteiger partial charge in [0.05, 0.1) is 5.92 Å². The second-order valence-electron chi connectivity index (χ2n) is 4.83. The zero-order valence-electron chi connectivity index (χ0n) is 10.00. The standard InChI is InChI=1S/C11H18F3NO2/c1-7-3-5-15(6-4-7)9(10(16)17)8(2)11(12,13)14/h7-9H,3-6H2,1-2H3,(H,16,17). The number of halogens is 3. The molecule has 1 aliphatic rings. The van der Waals surface area contributed by atoms with Gasteiger partial charge in [0.25, 0.3) is 0 Å². The molecule has 0 amide bonds. The number of nitrogens with zero attached hydrogens (tertiary/aromatic N) is 1. The number of aliphatic carboxylic acids is 1. The Kier molecular flexibility index (Phi) is 4.41. The summed E-state index contributed by atoms with van der Waals surface area (Å²) in [7, 11) is 0. The van der Waals surface area contributed by atoms with Gasteiger partial charge in [0.2, 0.25) is 0 Å². The SMILES string of the molecule is CC1CCN(C(C(=O)O)C(C)C(F)(F)F)CC1. The summed E-state index contributed by atoms with van der Waals surface area (Å²) in [5.74, 6) is -2.76. The zero-order chi connectivity index (χ0) is 13.2. The van der Waals surface area contributed by atoms with E-state index in [0.29, 0.717) is 19.0 Å². The Hall–Kier alpha value is -0.780. The summed E-state index contributed by atoms with van der Waals surface area (Å²) in [6.07, 6.45) is -2.95. The van der Waals surface area contributed by atoms with Crippen molar-refractivity contribution in [1.82, 2.24) is 4.90 Å². The number of rotatable bonds is 3. The molecule has 0 saturated carbocycles. The van der Waals surface area contributed by atoms with Crippen LogP contribution >= 0.6 is 0 Å². The van der Waals surface area contributed by atoms with E-state index in [2.05, 4.69) is 0 Å². The lowest BCUT2D eigenvalue weighted by molar-refractivity contribution is -0.196. The van der Waals surface area contributed by atoms with Crippen LogP contribution in [0.25, 0.3) is 0 Å². The van der Waals surface area contributed by atoms with Gasteiger partial charge in [-0.15, -0.1) is 0 Å². The van der Waals surface area contributed by atoms with E-state index in [1.807, 2.05) is 6.92 Å². The number of likely N-dealkylation sites (tertiary alicyclic amines) is 1. The quantitative estimate of drug-likeness (QED) is 0.839. The molecule has 0 aromatic heterocycles. The number of alkyl halides is 3. The van der Waals surface area contributed by atoms with Crippen LogP contribution in [0.2, 0.25) is 0 Å². The molecule has 0 aliphatic carbocycles. The van der Waals surface area contributed by atoms with Gasteiger partial charge in [-0.2, -0.15) is 13.2 Å². The Morgan fingerprint density at radius 1 is 1.35 bits per heavy atom. The van der Waals surface area contributed by atoms with E-state index < -0.39 is 24.1 Å². The highest BCUT2D eigenvalue weighted by Gasteiger charge is 2.47. The maximum absolute atomic E-state index is 12.6. The second kappa shape index (κ2) is 5.25. The summed E-state index contributed by atoms with van der Waals surface area (Å²) < 4.78 is 37.8. The van der Waals surface area contributed by atoms with Gasteiger partial charge in [0.15, 0.2) is 0 Å². The molecule has 1 aliphatic heterocycles. The van der Waals surface area contributed by atoms with Crippen LogP contribution in [0.1, 0.15) is 26.7 Å². The van der Waals surface area contributed by atoms with Crippen molar-refractivity contribution in [1.29, 1.82) is 0 Å². The number of carboxylic acid groups (broad SMARTS) is 1. The lowest BCUT2D eigenvalue weighted by atomic mass is 9.93. The van der Waals surface area contributed by atoms with E-state index >= 15 is 0 Å². The van der Waals surface area contributed by atoms with Gasteiger partial charge in [-0.05, 0) is 31.8 Å². The third-order valence-electron chi connectivity index (χ3n) is 3.45. The van der Waals surface area contributed by atoms with Crippen molar-refractivity contribution in [2.75, 3.05) is 13.1 Å². The van der Waals surface area contributed by atoms with Crippen molar-refractivity contribution < 1.29 is 23.1 Å². The first-order valence-corrected chi connectivity index (χ1v) is 5.77. The summed E-state index contributed by atoms with van der Waals surface area (Å²) >= 11 is 0. The molecule has 100 valence electrons. The molecule has 0 aromatic carbocycles. The fourth-order valence-corrected chi connectivity index (χ4v) is 2.17. The first-order valence-electron chi connectivity index (χ1n) is 5.77. The largest absolute Gasteiger partial charge is 0.480 e.